The average Bonchev–Trinajstić information content (AvgIpc) is 2.11. The third kappa shape index (κ3) is 6.60. The smallest absolute Gasteiger partial charge is 0.216 e. The molecule has 0 saturated heterocycles. The summed E-state index contributed by atoms with van der Waals surface area (Å²) in [7, 11) is 1.94. The molecule has 13 heavy (non-hydrogen) atoms. The lowest BCUT2D eigenvalue weighted by molar-refractivity contribution is -0.120. The van der Waals surface area contributed by atoms with E-state index >= 15 is 0 Å². The molecule has 0 spiro atoms. The molecule has 5 heteroatoms. The summed E-state index contributed by atoms with van der Waals surface area (Å²) in [4.78, 5) is 10.6. The summed E-state index contributed by atoms with van der Waals surface area (Å²) in [6, 6.07) is 0.117. The zero-order valence-corrected chi connectivity index (χ0v) is 8.54. The SMILES string of the molecule is BC(CC)OC(CO)CNC(C)=O. The first-order valence-corrected chi connectivity index (χ1v) is 4.60. The highest BCUT2D eigenvalue weighted by Gasteiger charge is 2.11. The molecule has 0 aromatic carbocycles. The van der Waals surface area contributed by atoms with Crippen LogP contribution in [0.25, 0.3) is 0 Å². The zero-order chi connectivity index (χ0) is 10.3. The molecule has 0 heterocycles. The van der Waals surface area contributed by atoms with E-state index in [1.54, 1.807) is 0 Å². The second kappa shape index (κ2) is 6.92. The largest absolute Gasteiger partial charge is 0.394 e. The fourth-order valence-corrected chi connectivity index (χ4v) is 0.838. The number of aliphatic hydroxyl groups excluding tert-OH is 1. The number of rotatable bonds is 6. The molecule has 0 aromatic heterocycles. The topological polar surface area (TPSA) is 58.6 Å². The van der Waals surface area contributed by atoms with Crippen LogP contribution in [-0.2, 0) is 9.53 Å². The van der Waals surface area contributed by atoms with Crippen molar-refractivity contribution in [3.05, 3.63) is 0 Å². The predicted molar refractivity (Wildman–Crippen MR) is 53.3 cm³/mol. The van der Waals surface area contributed by atoms with Crippen LogP contribution in [0.5, 0.6) is 0 Å². The van der Waals surface area contributed by atoms with E-state index in [9.17, 15) is 4.79 Å². The van der Waals surface area contributed by atoms with Crippen LogP contribution in [0.4, 0.5) is 0 Å². The molecule has 76 valence electrons. The number of hydrogen-bond donors (Lipinski definition) is 2. The molecule has 0 rings (SSSR count). The third-order valence-electron chi connectivity index (χ3n) is 1.78. The Hall–Kier alpha value is -0.545. The molecule has 0 aromatic rings. The van der Waals surface area contributed by atoms with Gasteiger partial charge in [-0.1, -0.05) is 6.92 Å². The van der Waals surface area contributed by atoms with Crippen molar-refractivity contribution >= 4 is 13.8 Å². The van der Waals surface area contributed by atoms with Gasteiger partial charge < -0.3 is 15.2 Å². The Labute approximate surface area is 80.1 Å². The minimum Gasteiger partial charge on any atom is -0.394 e. The zero-order valence-electron chi connectivity index (χ0n) is 8.54. The van der Waals surface area contributed by atoms with Gasteiger partial charge in [0.25, 0.3) is 0 Å². The molecule has 2 N–H and O–H groups in total. The number of carbonyl (C=O) groups excluding carboxylic acids is 1. The molecular weight excluding hydrogens is 169 g/mol. The summed E-state index contributed by atoms with van der Waals surface area (Å²) in [5, 5.41) is 11.5. The molecule has 4 nitrogen and oxygen atoms in total. The van der Waals surface area contributed by atoms with Crippen LogP contribution >= 0.6 is 0 Å². The summed E-state index contributed by atoms with van der Waals surface area (Å²) < 4.78 is 5.43. The van der Waals surface area contributed by atoms with E-state index in [0.29, 0.717) is 6.54 Å². The maximum absolute atomic E-state index is 10.6. The molecule has 2 atom stereocenters. The Morgan fingerprint density at radius 1 is 1.69 bits per heavy atom. The fourth-order valence-electron chi connectivity index (χ4n) is 0.838. The van der Waals surface area contributed by atoms with Crippen LogP contribution in [-0.4, -0.2) is 44.1 Å². The molecule has 2 unspecified atom stereocenters. The van der Waals surface area contributed by atoms with Crippen LogP contribution in [0.1, 0.15) is 20.3 Å². The average molecular weight is 187 g/mol. The third-order valence-corrected chi connectivity index (χ3v) is 1.78. The van der Waals surface area contributed by atoms with Gasteiger partial charge in [-0.05, 0) is 6.42 Å². The molecule has 0 radical (unpaired) electrons. The van der Waals surface area contributed by atoms with Gasteiger partial charge in [0.1, 0.15) is 7.85 Å². The quantitative estimate of drug-likeness (QED) is 0.517. The van der Waals surface area contributed by atoms with Crippen LogP contribution in [0.15, 0.2) is 0 Å². The van der Waals surface area contributed by atoms with Gasteiger partial charge in [0, 0.05) is 19.5 Å². The van der Waals surface area contributed by atoms with Crippen molar-refractivity contribution in [3.8, 4) is 0 Å². The van der Waals surface area contributed by atoms with E-state index in [1.165, 1.54) is 6.92 Å². The summed E-state index contributed by atoms with van der Waals surface area (Å²) in [6.07, 6.45) is 0.607. The van der Waals surface area contributed by atoms with Crippen molar-refractivity contribution in [2.45, 2.75) is 32.4 Å². The van der Waals surface area contributed by atoms with E-state index in [-0.39, 0.29) is 24.6 Å². The Morgan fingerprint density at radius 3 is 2.69 bits per heavy atom. The van der Waals surface area contributed by atoms with Gasteiger partial charge in [-0.15, -0.1) is 0 Å². The molecule has 0 fully saturated rings. The highest BCUT2D eigenvalue weighted by atomic mass is 16.5. The molecule has 0 aliphatic heterocycles. The lowest BCUT2D eigenvalue weighted by atomic mass is 9.97. The van der Waals surface area contributed by atoms with Crippen LogP contribution in [0, 0.1) is 0 Å². The minimum absolute atomic E-state index is 0.0649. The Morgan fingerprint density at radius 2 is 2.31 bits per heavy atom. The molecule has 0 bridgehead atoms. The molecule has 0 saturated carbocycles. The minimum atomic E-state index is -0.293. The van der Waals surface area contributed by atoms with Gasteiger partial charge >= 0.3 is 0 Å². The number of nitrogens with one attached hydrogen (secondary N) is 1. The Balaban J connectivity index is 3.68. The van der Waals surface area contributed by atoms with Gasteiger partial charge in [0.15, 0.2) is 0 Å². The second-order valence-electron chi connectivity index (χ2n) is 3.10. The summed E-state index contributed by atoms with van der Waals surface area (Å²) in [6.45, 7) is 3.76. The highest BCUT2D eigenvalue weighted by molar-refractivity contribution is 6.10. The van der Waals surface area contributed by atoms with Crippen LogP contribution in [0.3, 0.4) is 0 Å². The Kier molecular flexibility index (Phi) is 6.63. The van der Waals surface area contributed by atoms with Crippen molar-refractivity contribution in [1.82, 2.24) is 5.32 Å². The van der Waals surface area contributed by atoms with Crippen molar-refractivity contribution in [3.63, 3.8) is 0 Å². The Bertz CT molecular complexity index is 154. The molecule has 0 aliphatic carbocycles. The number of aliphatic hydroxyl groups is 1. The van der Waals surface area contributed by atoms with E-state index in [0.717, 1.165) is 6.42 Å². The molecular formula is C8H18BNO3. The van der Waals surface area contributed by atoms with Gasteiger partial charge in [0.05, 0.1) is 12.7 Å². The summed E-state index contributed by atoms with van der Waals surface area (Å²) >= 11 is 0. The normalized spacial score (nSPS) is 15.0. The monoisotopic (exact) mass is 187 g/mol. The van der Waals surface area contributed by atoms with Crippen molar-refractivity contribution in [2.75, 3.05) is 13.2 Å². The second-order valence-corrected chi connectivity index (χ2v) is 3.10. The van der Waals surface area contributed by atoms with Crippen LogP contribution < -0.4 is 5.32 Å². The van der Waals surface area contributed by atoms with Gasteiger partial charge in [0.2, 0.25) is 5.91 Å². The first-order valence-electron chi connectivity index (χ1n) is 4.60. The van der Waals surface area contributed by atoms with E-state index in [4.69, 9.17) is 9.84 Å². The number of hydrogen-bond acceptors (Lipinski definition) is 3. The fraction of sp³-hybridized carbons (Fsp3) is 0.875. The van der Waals surface area contributed by atoms with E-state index in [1.807, 2.05) is 14.8 Å². The van der Waals surface area contributed by atoms with Gasteiger partial charge in [-0.2, -0.15) is 0 Å². The van der Waals surface area contributed by atoms with Crippen LogP contribution in [0.2, 0.25) is 0 Å². The van der Waals surface area contributed by atoms with Gasteiger partial charge in [-0.3, -0.25) is 4.79 Å². The summed E-state index contributed by atoms with van der Waals surface area (Å²) in [5.41, 5.74) is 0. The summed E-state index contributed by atoms with van der Waals surface area (Å²) in [5.74, 6) is -0.105. The predicted octanol–water partition coefficient (Wildman–Crippen LogP) is -1.13. The lowest BCUT2D eigenvalue weighted by Gasteiger charge is -2.19. The van der Waals surface area contributed by atoms with Gasteiger partial charge in [-0.25, -0.2) is 0 Å². The maximum Gasteiger partial charge on any atom is 0.216 e. The molecule has 0 aliphatic rings. The van der Waals surface area contributed by atoms with Crippen molar-refractivity contribution in [1.29, 1.82) is 0 Å². The lowest BCUT2D eigenvalue weighted by Crippen LogP contribution is -2.37. The standard InChI is InChI=1S/C8H18BNO3/c1-3-8(9)13-7(5-11)4-10-6(2)12/h7-8,11H,3-5,9H2,1-2H3,(H,10,12). The number of carbonyl (C=O) groups is 1. The number of ether oxygens (including phenoxy) is 1. The van der Waals surface area contributed by atoms with E-state index < -0.39 is 0 Å². The number of amides is 1. The van der Waals surface area contributed by atoms with E-state index in [2.05, 4.69) is 5.32 Å². The highest BCUT2D eigenvalue weighted by Crippen LogP contribution is 1.98. The first-order chi connectivity index (χ1) is 6.10. The first kappa shape index (κ1) is 12.5. The molecule has 1 amide bonds. The van der Waals surface area contributed by atoms with Crippen molar-refractivity contribution < 1.29 is 14.6 Å². The van der Waals surface area contributed by atoms with Crippen molar-refractivity contribution in [2.24, 2.45) is 0 Å². The maximum atomic E-state index is 10.6.